The standard InChI is InChI=1S/C9H6ClN5/c10-6-1-2-8(13-4-6)15-5-14-7(3-11)9(15)12/h1-2,4-5H,12H2. The van der Waals surface area contributed by atoms with Crippen molar-refractivity contribution in [3.63, 3.8) is 0 Å². The van der Waals surface area contributed by atoms with Crippen LogP contribution in [0.3, 0.4) is 0 Å². The van der Waals surface area contributed by atoms with E-state index in [1.54, 1.807) is 12.1 Å². The van der Waals surface area contributed by atoms with Crippen molar-refractivity contribution < 1.29 is 0 Å². The van der Waals surface area contributed by atoms with Gasteiger partial charge >= 0.3 is 0 Å². The number of aromatic nitrogens is 3. The number of rotatable bonds is 1. The van der Waals surface area contributed by atoms with Crippen LogP contribution >= 0.6 is 11.6 Å². The highest BCUT2D eigenvalue weighted by Gasteiger charge is 2.08. The van der Waals surface area contributed by atoms with E-state index in [0.717, 1.165) is 0 Å². The third-order valence-corrected chi connectivity index (χ3v) is 2.09. The Labute approximate surface area is 90.7 Å². The van der Waals surface area contributed by atoms with Crippen molar-refractivity contribution in [1.29, 1.82) is 5.26 Å². The fourth-order valence-corrected chi connectivity index (χ4v) is 1.25. The molecule has 0 fully saturated rings. The summed E-state index contributed by atoms with van der Waals surface area (Å²) in [5, 5.41) is 9.22. The second-order valence-corrected chi connectivity index (χ2v) is 3.23. The number of anilines is 1. The summed E-state index contributed by atoms with van der Waals surface area (Å²) in [7, 11) is 0. The summed E-state index contributed by atoms with van der Waals surface area (Å²) in [6.07, 6.45) is 2.95. The maximum absolute atomic E-state index is 8.68. The van der Waals surface area contributed by atoms with E-state index in [-0.39, 0.29) is 11.5 Å². The zero-order chi connectivity index (χ0) is 10.8. The molecule has 0 spiro atoms. The first kappa shape index (κ1) is 9.49. The maximum atomic E-state index is 8.68. The van der Waals surface area contributed by atoms with Gasteiger partial charge in [-0.1, -0.05) is 11.6 Å². The molecule has 0 aromatic carbocycles. The van der Waals surface area contributed by atoms with Crippen LogP contribution in [0.2, 0.25) is 5.02 Å². The number of nitriles is 1. The molecule has 74 valence electrons. The predicted octanol–water partition coefficient (Wildman–Crippen LogP) is 1.37. The smallest absolute Gasteiger partial charge is 0.182 e. The Morgan fingerprint density at radius 3 is 2.73 bits per heavy atom. The topological polar surface area (TPSA) is 80.5 Å². The lowest BCUT2D eigenvalue weighted by Gasteiger charge is -2.02. The highest BCUT2D eigenvalue weighted by atomic mass is 35.5. The summed E-state index contributed by atoms with van der Waals surface area (Å²) in [6.45, 7) is 0. The Hall–Kier alpha value is -2.06. The van der Waals surface area contributed by atoms with Crippen molar-refractivity contribution in [2.45, 2.75) is 0 Å². The summed E-state index contributed by atoms with van der Waals surface area (Å²) in [5.74, 6) is 0.846. The molecule has 0 radical (unpaired) electrons. The minimum atomic E-state index is 0.187. The van der Waals surface area contributed by atoms with Gasteiger partial charge in [-0.05, 0) is 12.1 Å². The lowest BCUT2D eigenvalue weighted by Crippen LogP contribution is -2.01. The molecule has 0 aliphatic carbocycles. The normalized spacial score (nSPS) is 9.87. The minimum absolute atomic E-state index is 0.187. The zero-order valence-electron chi connectivity index (χ0n) is 7.55. The van der Waals surface area contributed by atoms with Crippen molar-refractivity contribution in [3.8, 4) is 11.9 Å². The molecule has 6 heteroatoms. The fourth-order valence-electron chi connectivity index (χ4n) is 1.14. The van der Waals surface area contributed by atoms with Crippen LogP contribution in [0, 0.1) is 11.3 Å². The van der Waals surface area contributed by atoms with Crippen LogP contribution in [0.15, 0.2) is 24.7 Å². The number of nitrogen functional groups attached to an aromatic ring is 1. The quantitative estimate of drug-likeness (QED) is 0.786. The summed E-state index contributed by atoms with van der Waals surface area (Å²) < 4.78 is 1.52. The first-order valence-electron chi connectivity index (χ1n) is 4.07. The SMILES string of the molecule is N#Cc1ncn(-c2ccc(Cl)cn2)c1N. The Morgan fingerprint density at radius 2 is 2.20 bits per heavy atom. The number of nitrogens with zero attached hydrogens (tertiary/aromatic N) is 4. The van der Waals surface area contributed by atoms with E-state index >= 15 is 0 Å². The minimum Gasteiger partial charge on any atom is -0.382 e. The van der Waals surface area contributed by atoms with Gasteiger partial charge in [0.1, 0.15) is 24.0 Å². The second kappa shape index (κ2) is 3.59. The molecule has 0 unspecified atom stereocenters. The number of hydrogen-bond acceptors (Lipinski definition) is 4. The zero-order valence-corrected chi connectivity index (χ0v) is 8.31. The molecule has 0 saturated heterocycles. The molecule has 2 N–H and O–H groups in total. The van der Waals surface area contributed by atoms with Crippen molar-refractivity contribution >= 4 is 17.4 Å². The number of imidazole rings is 1. The molecule has 0 aliphatic heterocycles. The molecular formula is C9H6ClN5. The molecule has 2 aromatic rings. The van der Waals surface area contributed by atoms with Gasteiger partial charge in [-0.25, -0.2) is 9.97 Å². The van der Waals surface area contributed by atoms with Gasteiger partial charge in [0.2, 0.25) is 0 Å². The Morgan fingerprint density at radius 1 is 1.40 bits per heavy atom. The molecule has 2 aromatic heterocycles. The average Bonchev–Trinajstić information content (AvgIpc) is 2.61. The van der Waals surface area contributed by atoms with Crippen molar-refractivity contribution in [2.75, 3.05) is 5.73 Å². The lowest BCUT2D eigenvalue weighted by atomic mass is 10.4. The van der Waals surface area contributed by atoms with Crippen molar-refractivity contribution in [1.82, 2.24) is 14.5 Å². The van der Waals surface area contributed by atoms with Gasteiger partial charge in [-0.2, -0.15) is 5.26 Å². The highest BCUT2D eigenvalue weighted by Crippen LogP contribution is 2.15. The predicted molar refractivity (Wildman–Crippen MR) is 55.5 cm³/mol. The maximum Gasteiger partial charge on any atom is 0.182 e. The summed E-state index contributed by atoms with van der Waals surface area (Å²) >= 11 is 5.70. The molecule has 0 atom stereocenters. The van der Waals surface area contributed by atoms with Gasteiger partial charge in [-0.3, -0.25) is 4.57 Å². The summed E-state index contributed by atoms with van der Waals surface area (Å²) in [6, 6.07) is 5.27. The largest absolute Gasteiger partial charge is 0.382 e. The summed E-state index contributed by atoms with van der Waals surface area (Å²) in [5.41, 5.74) is 5.88. The van der Waals surface area contributed by atoms with Gasteiger partial charge in [0.05, 0.1) is 5.02 Å². The molecule has 15 heavy (non-hydrogen) atoms. The molecule has 0 amide bonds. The van der Waals surface area contributed by atoms with E-state index in [1.807, 2.05) is 6.07 Å². The van der Waals surface area contributed by atoms with E-state index in [9.17, 15) is 0 Å². The van der Waals surface area contributed by atoms with E-state index in [4.69, 9.17) is 22.6 Å². The van der Waals surface area contributed by atoms with E-state index in [1.165, 1.54) is 17.1 Å². The molecule has 2 heterocycles. The molecule has 0 saturated carbocycles. The van der Waals surface area contributed by atoms with Crippen LogP contribution in [-0.4, -0.2) is 14.5 Å². The van der Waals surface area contributed by atoms with E-state index in [2.05, 4.69) is 9.97 Å². The number of hydrogen-bond donors (Lipinski definition) is 1. The van der Waals surface area contributed by atoms with Crippen LogP contribution in [-0.2, 0) is 0 Å². The lowest BCUT2D eigenvalue weighted by molar-refractivity contribution is 1.00. The van der Waals surface area contributed by atoms with Crippen LogP contribution in [0.5, 0.6) is 0 Å². The Bertz CT molecular complexity index is 522. The molecule has 5 nitrogen and oxygen atoms in total. The Kier molecular flexibility index (Phi) is 2.27. The Balaban J connectivity index is 2.51. The van der Waals surface area contributed by atoms with Crippen molar-refractivity contribution in [2.24, 2.45) is 0 Å². The van der Waals surface area contributed by atoms with Gasteiger partial charge in [-0.15, -0.1) is 0 Å². The van der Waals surface area contributed by atoms with Crippen LogP contribution in [0.4, 0.5) is 5.82 Å². The second-order valence-electron chi connectivity index (χ2n) is 2.79. The van der Waals surface area contributed by atoms with Gasteiger partial charge in [0.15, 0.2) is 5.69 Å². The molecule has 0 bridgehead atoms. The van der Waals surface area contributed by atoms with E-state index < -0.39 is 0 Å². The van der Waals surface area contributed by atoms with Crippen LogP contribution < -0.4 is 5.73 Å². The fraction of sp³-hybridized carbons (Fsp3) is 0. The third-order valence-electron chi connectivity index (χ3n) is 1.87. The first-order valence-corrected chi connectivity index (χ1v) is 4.45. The van der Waals surface area contributed by atoms with Gasteiger partial charge in [0, 0.05) is 6.20 Å². The van der Waals surface area contributed by atoms with Crippen molar-refractivity contribution in [3.05, 3.63) is 35.4 Å². The highest BCUT2D eigenvalue weighted by molar-refractivity contribution is 6.30. The third kappa shape index (κ3) is 1.63. The van der Waals surface area contributed by atoms with E-state index in [0.29, 0.717) is 10.8 Å². The van der Waals surface area contributed by atoms with Gasteiger partial charge < -0.3 is 5.73 Å². The average molecular weight is 220 g/mol. The van der Waals surface area contributed by atoms with Gasteiger partial charge in [0.25, 0.3) is 0 Å². The summed E-state index contributed by atoms with van der Waals surface area (Å²) in [4.78, 5) is 7.90. The monoisotopic (exact) mass is 219 g/mol. The number of nitrogens with two attached hydrogens (primary N) is 1. The first-order chi connectivity index (χ1) is 7.22. The molecule has 0 aliphatic rings. The molecule has 2 rings (SSSR count). The number of pyridine rings is 1. The van der Waals surface area contributed by atoms with Crippen LogP contribution in [0.25, 0.3) is 5.82 Å². The molecular weight excluding hydrogens is 214 g/mol. The van der Waals surface area contributed by atoms with Crippen LogP contribution in [0.1, 0.15) is 5.69 Å². The number of halogens is 1.